The molecule has 1 aromatic carbocycles. The summed E-state index contributed by atoms with van der Waals surface area (Å²) in [7, 11) is 1.69. The van der Waals surface area contributed by atoms with E-state index < -0.39 is 0 Å². The Morgan fingerprint density at radius 1 is 1.44 bits per heavy atom. The van der Waals surface area contributed by atoms with Crippen molar-refractivity contribution in [2.75, 3.05) is 20.3 Å². The van der Waals surface area contributed by atoms with Crippen molar-refractivity contribution >= 4 is 0 Å². The second kappa shape index (κ2) is 6.51. The van der Waals surface area contributed by atoms with Gasteiger partial charge in [0, 0.05) is 6.61 Å². The number of methoxy groups -OCH3 is 1. The fraction of sp³-hybridized carbons (Fsp3) is 0.538. The van der Waals surface area contributed by atoms with Crippen molar-refractivity contribution in [2.24, 2.45) is 11.7 Å². The van der Waals surface area contributed by atoms with Crippen LogP contribution in [-0.4, -0.2) is 25.4 Å². The number of hydrogen-bond acceptors (Lipinski definition) is 3. The van der Waals surface area contributed by atoms with Gasteiger partial charge in [-0.3, -0.25) is 0 Å². The van der Waals surface area contributed by atoms with E-state index >= 15 is 0 Å². The third kappa shape index (κ3) is 3.22. The van der Waals surface area contributed by atoms with Gasteiger partial charge >= 0.3 is 0 Å². The zero-order valence-corrected chi connectivity index (χ0v) is 10.1. The van der Waals surface area contributed by atoms with Crippen LogP contribution in [-0.2, 0) is 6.42 Å². The molecule has 0 aliphatic rings. The molecule has 0 spiro atoms. The summed E-state index contributed by atoms with van der Waals surface area (Å²) in [5, 5.41) is 9.09. The molecular formula is C13H21NO2. The number of hydrogen-bond donors (Lipinski definition) is 2. The van der Waals surface area contributed by atoms with Crippen LogP contribution >= 0.6 is 0 Å². The van der Waals surface area contributed by atoms with Gasteiger partial charge in [0.15, 0.2) is 0 Å². The van der Waals surface area contributed by atoms with E-state index in [-0.39, 0.29) is 12.5 Å². The molecule has 0 aliphatic carbocycles. The zero-order chi connectivity index (χ0) is 12.0. The molecule has 3 N–H and O–H groups in total. The van der Waals surface area contributed by atoms with Gasteiger partial charge in [-0.2, -0.15) is 0 Å². The number of aryl methyl sites for hydroxylation is 1. The first-order valence-electron chi connectivity index (χ1n) is 5.66. The molecule has 1 rings (SSSR count). The van der Waals surface area contributed by atoms with Gasteiger partial charge in [0.05, 0.1) is 7.11 Å². The first-order chi connectivity index (χ1) is 7.72. The Morgan fingerprint density at radius 2 is 2.19 bits per heavy atom. The van der Waals surface area contributed by atoms with Gasteiger partial charge in [-0.25, -0.2) is 0 Å². The van der Waals surface area contributed by atoms with E-state index in [1.807, 2.05) is 12.1 Å². The second-order valence-electron chi connectivity index (χ2n) is 4.08. The molecule has 0 fully saturated rings. The Morgan fingerprint density at radius 3 is 2.75 bits per heavy atom. The molecule has 0 amide bonds. The van der Waals surface area contributed by atoms with Crippen LogP contribution in [0.25, 0.3) is 0 Å². The lowest BCUT2D eigenvalue weighted by Gasteiger charge is -2.15. The van der Waals surface area contributed by atoms with Crippen molar-refractivity contribution in [3.8, 4) is 5.75 Å². The molecule has 0 bridgehead atoms. The summed E-state index contributed by atoms with van der Waals surface area (Å²) in [6.45, 7) is 2.77. The van der Waals surface area contributed by atoms with Crippen LogP contribution in [0.2, 0.25) is 0 Å². The smallest absolute Gasteiger partial charge is 0.122 e. The van der Waals surface area contributed by atoms with Crippen LogP contribution in [0.3, 0.4) is 0 Å². The van der Waals surface area contributed by atoms with Crippen LogP contribution < -0.4 is 10.5 Å². The van der Waals surface area contributed by atoms with Crippen molar-refractivity contribution in [1.82, 2.24) is 0 Å². The van der Waals surface area contributed by atoms with Gasteiger partial charge in [-0.05, 0) is 49.4 Å². The van der Waals surface area contributed by atoms with Crippen molar-refractivity contribution in [1.29, 1.82) is 0 Å². The Hall–Kier alpha value is -1.06. The van der Waals surface area contributed by atoms with Crippen LogP contribution in [0.1, 0.15) is 17.5 Å². The summed E-state index contributed by atoms with van der Waals surface area (Å²) in [4.78, 5) is 0. The summed E-state index contributed by atoms with van der Waals surface area (Å²) in [6.07, 6.45) is 1.80. The highest BCUT2D eigenvalue weighted by molar-refractivity contribution is 5.39. The molecule has 0 saturated carbocycles. The predicted molar refractivity (Wildman–Crippen MR) is 65.7 cm³/mol. The fourth-order valence-corrected chi connectivity index (χ4v) is 1.82. The molecule has 3 nitrogen and oxygen atoms in total. The van der Waals surface area contributed by atoms with Crippen molar-refractivity contribution < 1.29 is 9.84 Å². The molecule has 1 unspecified atom stereocenters. The average Bonchev–Trinajstić information content (AvgIpc) is 2.31. The monoisotopic (exact) mass is 223 g/mol. The summed E-state index contributed by atoms with van der Waals surface area (Å²) in [5.74, 6) is 1.11. The molecule has 16 heavy (non-hydrogen) atoms. The van der Waals surface area contributed by atoms with Gasteiger partial charge in [-0.15, -0.1) is 0 Å². The van der Waals surface area contributed by atoms with Crippen molar-refractivity contribution in [2.45, 2.75) is 19.8 Å². The van der Waals surface area contributed by atoms with E-state index in [1.54, 1.807) is 7.11 Å². The molecular weight excluding hydrogens is 202 g/mol. The standard InChI is InChI=1S/C13H21NO2/c1-10-4-3-5-13(16-2)12(10)7-6-11(8-14)9-15/h3-5,11,15H,6-9,14H2,1-2H3. The van der Waals surface area contributed by atoms with Crippen molar-refractivity contribution in [3.63, 3.8) is 0 Å². The average molecular weight is 223 g/mol. The normalized spacial score (nSPS) is 12.5. The van der Waals surface area contributed by atoms with E-state index in [9.17, 15) is 0 Å². The molecule has 90 valence electrons. The summed E-state index contributed by atoms with van der Waals surface area (Å²) in [6, 6.07) is 6.04. The predicted octanol–water partition coefficient (Wildman–Crippen LogP) is 1.50. The van der Waals surface area contributed by atoms with Crippen LogP contribution in [0.15, 0.2) is 18.2 Å². The van der Waals surface area contributed by atoms with Crippen LogP contribution in [0.4, 0.5) is 0 Å². The number of aliphatic hydroxyl groups is 1. The highest BCUT2D eigenvalue weighted by atomic mass is 16.5. The minimum absolute atomic E-state index is 0.157. The number of rotatable bonds is 6. The minimum atomic E-state index is 0.157. The van der Waals surface area contributed by atoms with E-state index in [4.69, 9.17) is 15.6 Å². The third-order valence-corrected chi connectivity index (χ3v) is 2.98. The summed E-state index contributed by atoms with van der Waals surface area (Å²) in [5.41, 5.74) is 8.01. The molecule has 1 aromatic rings. The quantitative estimate of drug-likeness (QED) is 0.768. The van der Waals surface area contributed by atoms with E-state index in [0.717, 1.165) is 18.6 Å². The minimum Gasteiger partial charge on any atom is -0.496 e. The summed E-state index contributed by atoms with van der Waals surface area (Å²) >= 11 is 0. The first-order valence-corrected chi connectivity index (χ1v) is 5.66. The third-order valence-electron chi connectivity index (χ3n) is 2.98. The topological polar surface area (TPSA) is 55.5 Å². The maximum absolute atomic E-state index is 9.09. The van der Waals surface area contributed by atoms with Gasteiger partial charge in [0.25, 0.3) is 0 Å². The lowest BCUT2D eigenvalue weighted by atomic mass is 9.97. The van der Waals surface area contributed by atoms with Crippen LogP contribution in [0, 0.1) is 12.8 Å². The lowest BCUT2D eigenvalue weighted by molar-refractivity contribution is 0.222. The Balaban J connectivity index is 2.72. The number of ether oxygens (including phenoxy) is 1. The SMILES string of the molecule is COc1cccc(C)c1CCC(CN)CO. The van der Waals surface area contributed by atoms with Gasteiger partial charge in [0.1, 0.15) is 5.75 Å². The van der Waals surface area contributed by atoms with E-state index in [2.05, 4.69) is 13.0 Å². The van der Waals surface area contributed by atoms with Gasteiger partial charge in [-0.1, -0.05) is 12.1 Å². The lowest BCUT2D eigenvalue weighted by Crippen LogP contribution is -2.18. The molecule has 0 saturated heterocycles. The fourth-order valence-electron chi connectivity index (χ4n) is 1.82. The molecule has 0 aromatic heterocycles. The van der Waals surface area contributed by atoms with E-state index in [0.29, 0.717) is 6.54 Å². The second-order valence-corrected chi connectivity index (χ2v) is 4.08. The highest BCUT2D eigenvalue weighted by Gasteiger charge is 2.10. The summed E-state index contributed by atoms with van der Waals surface area (Å²) < 4.78 is 5.33. The molecule has 0 radical (unpaired) electrons. The van der Waals surface area contributed by atoms with Gasteiger partial charge in [0.2, 0.25) is 0 Å². The number of aliphatic hydroxyl groups excluding tert-OH is 1. The zero-order valence-electron chi connectivity index (χ0n) is 10.1. The largest absolute Gasteiger partial charge is 0.496 e. The Bertz CT molecular complexity index is 322. The van der Waals surface area contributed by atoms with Crippen molar-refractivity contribution in [3.05, 3.63) is 29.3 Å². The molecule has 0 aliphatic heterocycles. The maximum Gasteiger partial charge on any atom is 0.122 e. The molecule has 0 heterocycles. The Labute approximate surface area is 97.2 Å². The molecule has 1 atom stereocenters. The Kier molecular flexibility index (Phi) is 5.29. The van der Waals surface area contributed by atoms with Crippen LogP contribution in [0.5, 0.6) is 5.75 Å². The first kappa shape index (κ1) is 13.0. The maximum atomic E-state index is 9.09. The molecule has 3 heteroatoms. The van der Waals surface area contributed by atoms with E-state index in [1.165, 1.54) is 11.1 Å². The van der Waals surface area contributed by atoms with Gasteiger partial charge < -0.3 is 15.6 Å². The highest BCUT2D eigenvalue weighted by Crippen LogP contribution is 2.24. The number of benzene rings is 1. The number of nitrogens with two attached hydrogens (primary N) is 1.